The van der Waals surface area contributed by atoms with Crippen LogP contribution in [0.4, 0.5) is 0 Å². The van der Waals surface area contributed by atoms with Crippen LogP contribution < -0.4 is 5.69 Å². The maximum Gasteiger partial charge on any atom is 0.343 e. The first-order chi connectivity index (χ1) is 10.2. The number of nitrogens with one attached hydrogen (secondary N) is 1. The Balaban J connectivity index is 2.08. The van der Waals surface area contributed by atoms with Crippen LogP contribution in [0, 0.1) is 0 Å². The molecule has 2 rings (SSSR count). The highest BCUT2D eigenvalue weighted by Crippen LogP contribution is 2.24. The van der Waals surface area contributed by atoms with Crippen LogP contribution in [-0.4, -0.2) is 63.3 Å². The number of aromatic amines is 1. The molecule has 0 saturated carbocycles. The highest BCUT2D eigenvalue weighted by molar-refractivity contribution is 8.00. The molecule has 0 aromatic carbocycles. The van der Waals surface area contributed by atoms with Crippen molar-refractivity contribution in [1.82, 2.24) is 19.7 Å². The predicted octanol–water partition coefficient (Wildman–Crippen LogP) is -0.375. The molecule has 1 aromatic rings. The second-order valence-corrected chi connectivity index (χ2v) is 8.85. The van der Waals surface area contributed by atoms with E-state index in [-0.39, 0.29) is 29.1 Å². The molecule has 1 fully saturated rings. The highest BCUT2D eigenvalue weighted by atomic mass is 32.2. The highest BCUT2D eigenvalue weighted by Gasteiger charge is 2.35. The first-order valence-corrected chi connectivity index (χ1v) is 9.74. The lowest BCUT2D eigenvalue weighted by molar-refractivity contribution is -0.131. The maximum atomic E-state index is 12.6. The fraction of sp³-hybridized carbons (Fsp3) is 0.750. The van der Waals surface area contributed by atoms with Gasteiger partial charge in [0.15, 0.2) is 15.0 Å². The summed E-state index contributed by atoms with van der Waals surface area (Å²) in [4.78, 5) is 25.5. The van der Waals surface area contributed by atoms with E-state index in [0.717, 1.165) is 0 Å². The van der Waals surface area contributed by atoms with Gasteiger partial charge < -0.3 is 4.90 Å². The van der Waals surface area contributed by atoms with Crippen LogP contribution in [-0.2, 0) is 21.7 Å². The van der Waals surface area contributed by atoms with Crippen molar-refractivity contribution in [2.75, 3.05) is 18.1 Å². The summed E-state index contributed by atoms with van der Waals surface area (Å²) in [6.07, 6.45) is 0.486. The molecule has 1 saturated heterocycles. The number of hydrogen-bond donors (Lipinski definition) is 1. The lowest BCUT2D eigenvalue weighted by Crippen LogP contribution is -2.44. The molecule has 0 radical (unpaired) electrons. The van der Waals surface area contributed by atoms with Gasteiger partial charge >= 0.3 is 5.69 Å². The fourth-order valence-corrected chi connectivity index (χ4v) is 5.12. The number of hydrogen-bond acceptors (Lipinski definition) is 6. The Hall–Kier alpha value is -1.29. The van der Waals surface area contributed by atoms with Gasteiger partial charge in [-0.2, -0.15) is 0 Å². The van der Waals surface area contributed by atoms with E-state index in [1.54, 1.807) is 18.9 Å². The Labute approximate surface area is 133 Å². The van der Waals surface area contributed by atoms with E-state index in [2.05, 4.69) is 10.2 Å². The summed E-state index contributed by atoms with van der Waals surface area (Å²) in [6.45, 7) is 4.03. The molecule has 0 unspecified atom stereocenters. The smallest absolute Gasteiger partial charge is 0.338 e. The molecule has 0 aliphatic carbocycles. The molecule has 124 valence electrons. The van der Waals surface area contributed by atoms with Crippen molar-refractivity contribution in [1.29, 1.82) is 0 Å². The first-order valence-electron chi connectivity index (χ1n) is 7.04. The van der Waals surface area contributed by atoms with Gasteiger partial charge in [0.2, 0.25) is 5.91 Å². The van der Waals surface area contributed by atoms with Crippen LogP contribution in [0.15, 0.2) is 9.95 Å². The van der Waals surface area contributed by atoms with Crippen LogP contribution in [0.5, 0.6) is 0 Å². The van der Waals surface area contributed by atoms with E-state index in [0.29, 0.717) is 18.1 Å². The van der Waals surface area contributed by atoms with E-state index in [4.69, 9.17) is 0 Å². The van der Waals surface area contributed by atoms with Gasteiger partial charge in [-0.25, -0.2) is 18.3 Å². The quantitative estimate of drug-likeness (QED) is 0.728. The second kappa shape index (κ2) is 6.45. The third-order valence-corrected chi connectivity index (χ3v) is 6.62. The minimum absolute atomic E-state index is 0.0326. The Morgan fingerprint density at radius 3 is 2.73 bits per heavy atom. The van der Waals surface area contributed by atoms with E-state index in [9.17, 15) is 18.0 Å². The van der Waals surface area contributed by atoms with E-state index >= 15 is 0 Å². The zero-order valence-electron chi connectivity index (χ0n) is 12.8. The zero-order valence-corrected chi connectivity index (χ0v) is 14.4. The summed E-state index contributed by atoms with van der Waals surface area (Å²) >= 11 is 1.18. The molecular weight excluding hydrogens is 328 g/mol. The van der Waals surface area contributed by atoms with Gasteiger partial charge in [-0.1, -0.05) is 11.8 Å². The molecule has 1 aliphatic heterocycles. The van der Waals surface area contributed by atoms with Crippen molar-refractivity contribution in [2.24, 2.45) is 7.05 Å². The molecule has 2 atom stereocenters. The van der Waals surface area contributed by atoms with Gasteiger partial charge in [0.25, 0.3) is 0 Å². The summed E-state index contributed by atoms with van der Waals surface area (Å²) in [6, 6.07) is -0.256. The summed E-state index contributed by atoms with van der Waals surface area (Å²) in [5, 5.41) is 6.17. The zero-order chi connectivity index (χ0) is 16.5. The van der Waals surface area contributed by atoms with Crippen LogP contribution >= 0.6 is 11.8 Å². The Bertz CT molecular complexity index is 709. The minimum atomic E-state index is -3.04. The minimum Gasteiger partial charge on any atom is -0.338 e. The monoisotopic (exact) mass is 348 g/mol. The molecule has 1 amide bonds. The van der Waals surface area contributed by atoms with Crippen LogP contribution in [0.2, 0.25) is 0 Å². The third-order valence-electron chi connectivity index (χ3n) is 3.74. The van der Waals surface area contributed by atoms with Gasteiger partial charge in [0, 0.05) is 19.6 Å². The van der Waals surface area contributed by atoms with Crippen molar-refractivity contribution >= 4 is 27.5 Å². The molecule has 0 bridgehead atoms. The van der Waals surface area contributed by atoms with E-state index < -0.39 is 15.1 Å². The average Bonchev–Trinajstić information content (AvgIpc) is 2.96. The molecule has 2 heterocycles. The number of carbonyl (C=O) groups is 1. The number of aromatic nitrogens is 3. The SMILES string of the molecule is CCN(C(=O)[C@@H](C)Sc1n[nH]c(=O)n1C)[C@H]1CCS(=O)(=O)C1. The van der Waals surface area contributed by atoms with Gasteiger partial charge in [0.05, 0.1) is 16.8 Å². The predicted molar refractivity (Wildman–Crippen MR) is 83.6 cm³/mol. The third kappa shape index (κ3) is 3.54. The van der Waals surface area contributed by atoms with Gasteiger partial charge in [-0.3, -0.25) is 9.36 Å². The Morgan fingerprint density at radius 2 is 2.27 bits per heavy atom. The molecule has 0 spiro atoms. The molecule has 1 aromatic heterocycles. The largest absolute Gasteiger partial charge is 0.343 e. The van der Waals surface area contributed by atoms with Crippen molar-refractivity contribution < 1.29 is 13.2 Å². The van der Waals surface area contributed by atoms with Crippen LogP contribution in [0.3, 0.4) is 0 Å². The number of carbonyl (C=O) groups excluding carboxylic acids is 1. The van der Waals surface area contributed by atoms with Crippen LogP contribution in [0.25, 0.3) is 0 Å². The number of sulfone groups is 1. The number of rotatable bonds is 5. The number of nitrogens with zero attached hydrogens (tertiary/aromatic N) is 3. The summed E-state index contributed by atoms with van der Waals surface area (Å²) in [7, 11) is -1.46. The van der Waals surface area contributed by atoms with Gasteiger partial charge in [-0.15, -0.1) is 5.10 Å². The van der Waals surface area contributed by atoms with Gasteiger partial charge in [-0.05, 0) is 20.3 Å². The van der Waals surface area contributed by atoms with E-state index in [1.165, 1.54) is 16.3 Å². The molecule has 1 aliphatic rings. The second-order valence-electron chi connectivity index (χ2n) is 5.31. The Morgan fingerprint density at radius 1 is 1.59 bits per heavy atom. The molecule has 1 N–H and O–H groups in total. The number of H-pyrrole nitrogens is 1. The van der Waals surface area contributed by atoms with Gasteiger partial charge in [0.1, 0.15) is 0 Å². The van der Waals surface area contributed by atoms with Crippen LogP contribution in [0.1, 0.15) is 20.3 Å². The fourth-order valence-electron chi connectivity index (χ4n) is 2.50. The molecule has 10 heteroatoms. The summed E-state index contributed by atoms with van der Waals surface area (Å²) < 4.78 is 24.5. The normalized spacial score (nSPS) is 21.7. The van der Waals surface area contributed by atoms with E-state index in [1.807, 2.05) is 6.92 Å². The average molecular weight is 348 g/mol. The van der Waals surface area contributed by atoms with Crippen molar-refractivity contribution in [3.05, 3.63) is 10.5 Å². The summed E-state index contributed by atoms with van der Waals surface area (Å²) in [5.74, 6) is 0.0341. The molecule has 22 heavy (non-hydrogen) atoms. The lowest BCUT2D eigenvalue weighted by Gasteiger charge is -2.29. The van der Waals surface area contributed by atoms with Crippen molar-refractivity contribution in [3.63, 3.8) is 0 Å². The van der Waals surface area contributed by atoms with Crippen molar-refractivity contribution in [3.8, 4) is 0 Å². The first kappa shape index (κ1) is 17.1. The number of amides is 1. The lowest BCUT2D eigenvalue weighted by atomic mass is 10.2. The standard InChI is InChI=1S/C12H20N4O4S2/c1-4-16(9-5-6-22(19,20)7-9)10(17)8(2)21-12-14-13-11(18)15(12)3/h8-9H,4-7H2,1-3H3,(H,13,18)/t8-,9+/m1/s1. The maximum absolute atomic E-state index is 12.6. The molecular formula is C12H20N4O4S2. The number of thioether (sulfide) groups is 1. The molecule has 8 nitrogen and oxygen atoms in total. The summed E-state index contributed by atoms with van der Waals surface area (Å²) in [5.41, 5.74) is -0.337. The Kier molecular flexibility index (Phi) is 5.00. The van der Waals surface area contributed by atoms with Crippen molar-refractivity contribution in [2.45, 2.75) is 36.7 Å². The topological polar surface area (TPSA) is 105 Å².